The third kappa shape index (κ3) is 6.71. The third-order valence-corrected chi connectivity index (χ3v) is 10.6. The normalized spacial score (nSPS) is 14.8. The Morgan fingerprint density at radius 3 is 2.37 bits per heavy atom. The quantitative estimate of drug-likeness (QED) is 0.202. The van der Waals surface area contributed by atoms with E-state index >= 15 is 4.39 Å². The number of rotatable bonds is 9. The number of aromatic nitrogens is 4. The summed E-state index contributed by atoms with van der Waals surface area (Å²) in [4.78, 5) is 9.03. The molecule has 252 valence electrons. The van der Waals surface area contributed by atoms with Crippen LogP contribution in [0.2, 0.25) is 0 Å². The van der Waals surface area contributed by atoms with Crippen molar-refractivity contribution in [3.8, 4) is 22.3 Å². The average molecular weight is 683 g/mol. The standard InChI is InChI=1S/C37H36F2N6O3S/c1-25-6-9-32(10-7-25)49(47,48)45-24-35(29-20-41-44(23-29)22-27-4-3-5-30(38)16-27)34-17-28(19-40-37(34)45)33-11-8-31(18-36(33)39)43-14-12-42(13-15-43)21-26(2)46/h3-11,16-20,23-24,26,46H,12-15,21-22H2,1-2H3/t26-/m0/s1. The Morgan fingerprint density at radius 1 is 0.878 bits per heavy atom. The number of halogens is 2. The van der Waals surface area contributed by atoms with Gasteiger partial charge >= 0.3 is 0 Å². The summed E-state index contributed by atoms with van der Waals surface area (Å²) in [5.74, 6) is -0.760. The minimum atomic E-state index is -4.04. The first-order chi connectivity index (χ1) is 23.5. The Balaban J connectivity index is 1.26. The largest absolute Gasteiger partial charge is 0.392 e. The van der Waals surface area contributed by atoms with Crippen LogP contribution in [-0.2, 0) is 16.6 Å². The number of pyridine rings is 1. The van der Waals surface area contributed by atoms with Crippen LogP contribution in [0.1, 0.15) is 18.1 Å². The number of aliphatic hydroxyl groups excluding tert-OH is 1. The minimum Gasteiger partial charge on any atom is -0.392 e. The van der Waals surface area contributed by atoms with Crippen molar-refractivity contribution < 1.29 is 22.3 Å². The topological polar surface area (TPSA) is 96.5 Å². The molecular weight excluding hydrogens is 647 g/mol. The first-order valence-corrected chi connectivity index (χ1v) is 17.5. The van der Waals surface area contributed by atoms with Crippen molar-refractivity contribution in [2.75, 3.05) is 37.6 Å². The lowest BCUT2D eigenvalue weighted by atomic mass is 10.0. The molecule has 9 nitrogen and oxygen atoms in total. The van der Waals surface area contributed by atoms with E-state index in [0.717, 1.165) is 47.0 Å². The van der Waals surface area contributed by atoms with Crippen LogP contribution in [0.4, 0.5) is 14.5 Å². The number of hydrogen-bond donors (Lipinski definition) is 1. The van der Waals surface area contributed by atoms with E-state index in [-0.39, 0.29) is 16.4 Å². The fourth-order valence-electron chi connectivity index (χ4n) is 6.37. The van der Waals surface area contributed by atoms with Gasteiger partial charge in [0.1, 0.15) is 11.6 Å². The van der Waals surface area contributed by atoms with E-state index in [1.807, 2.05) is 13.0 Å². The molecule has 1 atom stereocenters. The van der Waals surface area contributed by atoms with Gasteiger partial charge in [0.2, 0.25) is 0 Å². The molecule has 1 saturated heterocycles. The van der Waals surface area contributed by atoms with Crippen LogP contribution in [0, 0.1) is 18.6 Å². The Labute approximate surface area is 283 Å². The Hall–Kier alpha value is -4.91. The summed E-state index contributed by atoms with van der Waals surface area (Å²) >= 11 is 0. The number of anilines is 1. The van der Waals surface area contributed by atoms with Gasteiger partial charge in [0, 0.05) is 84.6 Å². The second kappa shape index (κ2) is 13.2. The zero-order valence-corrected chi connectivity index (χ0v) is 28.0. The molecule has 1 fully saturated rings. The SMILES string of the molecule is Cc1ccc(S(=O)(=O)n2cc(-c3cnn(Cc4cccc(F)c4)c3)c3cc(-c4ccc(N5CCN(C[C@H](C)O)CC5)cc4F)cnc32)cc1. The van der Waals surface area contributed by atoms with Crippen LogP contribution in [0.25, 0.3) is 33.3 Å². The Morgan fingerprint density at radius 2 is 1.65 bits per heavy atom. The van der Waals surface area contributed by atoms with Crippen LogP contribution >= 0.6 is 0 Å². The molecule has 7 rings (SSSR count). The molecule has 1 aliphatic rings. The molecule has 0 amide bonds. The molecule has 0 spiro atoms. The molecular formula is C37H36F2N6O3S. The number of hydrogen-bond acceptors (Lipinski definition) is 7. The van der Waals surface area contributed by atoms with E-state index in [9.17, 15) is 17.9 Å². The molecule has 6 aromatic rings. The molecule has 3 aromatic heterocycles. The van der Waals surface area contributed by atoms with E-state index in [1.54, 1.807) is 72.5 Å². The first-order valence-electron chi connectivity index (χ1n) is 16.1. The Bertz CT molecular complexity index is 2240. The minimum absolute atomic E-state index is 0.113. The summed E-state index contributed by atoms with van der Waals surface area (Å²) in [5.41, 5.74) is 4.64. The van der Waals surface area contributed by atoms with Crippen LogP contribution in [0.15, 0.2) is 102 Å². The summed E-state index contributed by atoms with van der Waals surface area (Å²) in [6.07, 6.45) is 6.02. The van der Waals surface area contributed by atoms with E-state index in [2.05, 4.69) is 19.9 Å². The maximum atomic E-state index is 15.8. The summed E-state index contributed by atoms with van der Waals surface area (Å²) in [7, 11) is -4.04. The fraction of sp³-hybridized carbons (Fsp3) is 0.243. The lowest BCUT2D eigenvalue weighted by Crippen LogP contribution is -2.48. The van der Waals surface area contributed by atoms with Crippen molar-refractivity contribution in [3.63, 3.8) is 0 Å². The lowest BCUT2D eigenvalue weighted by Gasteiger charge is -2.36. The molecule has 1 N–H and O–H groups in total. The highest BCUT2D eigenvalue weighted by Crippen LogP contribution is 2.36. The first kappa shape index (κ1) is 32.6. The number of β-amino-alcohol motifs (C(OH)–C–C–N with tert-alkyl or cyclic N) is 1. The molecule has 4 heterocycles. The van der Waals surface area contributed by atoms with Gasteiger partial charge in [0.25, 0.3) is 10.0 Å². The summed E-state index contributed by atoms with van der Waals surface area (Å²) in [6.45, 7) is 7.58. The van der Waals surface area contributed by atoms with E-state index in [4.69, 9.17) is 0 Å². The number of aliphatic hydroxyl groups is 1. The van der Waals surface area contributed by atoms with Gasteiger partial charge in [0.05, 0.1) is 23.7 Å². The number of aryl methyl sites for hydroxylation is 1. The van der Waals surface area contributed by atoms with E-state index in [1.165, 1.54) is 30.6 Å². The van der Waals surface area contributed by atoms with Crippen molar-refractivity contribution in [2.24, 2.45) is 0 Å². The van der Waals surface area contributed by atoms with Crippen LogP contribution in [-0.4, -0.2) is 76.0 Å². The predicted octanol–water partition coefficient (Wildman–Crippen LogP) is 5.94. The summed E-state index contributed by atoms with van der Waals surface area (Å²) in [6, 6.07) is 19.8. The smallest absolute Gasteiger partial charge is 0.269 e. The van der Waals surface area contributed by atoms with Crippen molar-refractivity contribution in [3.05, 3.63) is 120 Å². The monoisotopic (exact) mass is 682 g/mol. The van der Waals surface area contributed by atoms with E-state index < -0.39 is 21.9 Å². The average Bonchev–Trinajstić information content (AvgIpc) is 3.70. The molecule has 3 aromatic carbocycles. The number of fused-ring (bicyclic) bond motifs is 1. The zero-order valence-electron chi connectivity index (χ0n) is 27.2. The van der Waals surface area contributed by atoms with Crippen molar-refractivity contribution >= 4 is 26.7 Å². The predicted molar refractivity (Wildman–Crippen MR) is 186 cm³/mol. The molecule has 0 bridgehead atoms. The van der Waals surface area contributed by atoms with Gasteiger partial charge in [-0.15, -0.1) is 0 Å². The highest BCUT2D eigenvalue weighted by Gasteiger charge is 2.25. The van der Waals surface area contributed by atoms with Crippen LogP contribution in [0.3, 0.4) is 0 Å². The molecule has 0 radical (unpaired) electrons. The summed E-state index contributed by atoms with van der Waals surface area (Å²) in [5, 5.41) is 14.7. The van der Waals surface area contributed by atoms with Gasteiger partial charge in [-0.2, -0.15) is 5.10 Å². The van der Waals surface area contributed by atoms with Gasteiger partial charge in [-0.25, -0.2) is 26.2 Å². The summed E-state index contributed by atoms with van der Waals surface area (Å²) < 4.78 is 60.3. The molecule has 0 unspecified atom stereocenters. The fourth-order valence-corrected chi connectivity index (χ4v) is 7.70. The zero-order chi connectivity index (χ0) is 34.3. The number of benzene rings is 3. The van der Waals surface area contributed by atoms with Crippen LogP contribution in [0.5, 0.6) is 0 Å². The third-order valence-electron chi connectivity index (χ3n) is 8.89. The maximum absolute atomic E-state index is 15.8. The lowest BCUT2D eigenvalue weighted by molar-refractivity contribution is 0.122. The van der Waals surface area contributed by atoms with Gasteiger partial charge in [0.15, 0.2) is 5.65 Å². The molecule has 49 heavy (non-hydrogen) atoms. The van der Waals surface area contributed by atoms with E-state index in [0.29, 0.717) is 40.7 Å². The van der Waals surface area contributed by atoms with Crippen molar-refractivity contribution in [1.82, 2.24) is 23.6 Å². The van der Waals surface area contributed by atoms with Gasteiger partial charge < -0.3 is 10.0 Å². The molecule has 1 aliphatic heterocycles. The molecule has 0 aliphatic carbocycles. The van der Waals surface area contributed by atoms with Crippen molar-refractivity contribution in [2.45, 2.75) is 31.4 Å². The molecule has 12 heteroatoms. The highest BCUT2D eigenvalue weighted by molar-refractivity contribution is 7.90. The van der Waals surface area contributed by atoms with Gasteiger partial charge in [-0.1, -0.05) is 29.8 Å². The van der Waals surface area contributed by atoms with Gasteiger partial charge in [-0.3, -0.25) is 9.58 Å². The maximum Gasteiger partial charge on any atom is 0.269 e. The van der Waals surface area contributed by atoms with Crippen molar-refractivity contribution in [1.29, 1.82) is 0 Å². The molecule has 0 saturated carbocycles. The highest BCUT2D eigenvalue weighted by atomic mass is 32.2. The van der Waals surface area contributed by atoms with Gasteiger partial charge in [-0.05, 0) is 67.9 Å². The Kier molecular flexibility index (Phi) is 8.78. The van der Waals surface area contributed by atoms with Crippen LogP contribution < -0.4 is 4.90 Å². The number of piperazine rings is 1. The second-order valence-corrected chi connectivity index (χ2v) is 14.4. The number of nitrogens with zero attached hydrogens (tertiary/aromatic N) is 6. The second-order valence-electron chi connectivity index (χ2n) is 12.6.